The molecule has 0 saturated heterocycles. The predicted molar refractivity (Wildman–Crippen MR) is 78.4 cm³/mol. The number of pyridine rings is 1. The largest absolute Gasteiger partial charge is 0.326 e. The number of rotatable bonds is 2. The van der Waals surface area contributed by atoms with E-state index in [4.69, 9.17) is 11.6 Å². The maximum Gasteiger partial charge on any atom is 0.228 e. The summed E-state index contributed by atoms with van der Waals surface area (Å²) in [6.07, 6.45) is 8.12. The van der Waals surface area contributed by atoms with Crippen LogP contribution in [0.1, 0.15) is 32.1 Å². The van der Waals surface area contributed by atoms with Crippen molar-refractivity contribution in [3.63, 3.8) is 0 Å². The summed E-state index contributed by atoms with van der Waals surface area (Å²) in [6, 6.07) is 3.52. The molecule has 106 valence electrons. The lowest BCUT2D eigenvalue weighted by molar-refractivity contribution is -0.132. The zero-order chi connectivity index (χ0) is 13.7. The first kappa shape index (κ1) is 12.6. The van der Waals surface area contributed by atoms with Crippen molar-refractivity contribution < 1.29 is 4.79 Å². The fourth-order valence-electron chi connectivity index (χ4n) is 5.06. The molecular weight excluding hydrogens is 272 g/mol. The summed E-state index contributed by atoms with van der Waals surface area (Å²) >= 11 is 5.87. The summed E-state index contributed by atoms with van der Waals surface area (Å²) in [5, 5.41) is 3.47. The highest BCUT2D eigenvalue weighted by molar-refractivity contribution is 6.29. The highest BCUT2D eigenvalue weighted by Gasteiger charge is 2.50. The molecule has 4 heteroatoms. The van der Waals surface area contributed by atoms with Gasteiger partial charge in [0.05, 0.1) is 0 Å². The van der Waals surface area contributed by atoms with E-state index in [0.717, 1.165) is 17.5 Å². The van der Waals surface area contributed by atoms with Crippen LogP contribution in [0.4, 0.5) is 5.69 Å². The molecule has 4 bridgehead atoms. The van der Waals surface area contributed by atoms with Crippen molar-refractivity contribution in [3.05, 3.63) is 23.5 Å². The van der Waals surface area contributed by atoms with Gasteiger partial charge in [-0.15, -0.1) is 0 Å². The Kier molecular flexibility index (Phi) is 2.99. The number of hydrogen-bond donors (Lipinski definition) is 1. The van der Waals surface area contributed by atoms with Gasteiger partial charge in [0.2, 0.25) is 5.91 Å². The summed E-state index contributed by atoms with van der Waals surface area (Å²) in [6.45, 7) is 0. The third kappa shape index (κ3) is 2.12. The Balaban J connectivity index is 1.51. The zero-order valence-electron chi connectivity index (χ0n) is 11.4. The monoisotopic (exact) mass is 290 g/mol. The van der Waals surface area contributed by atoms with E-state index in [9.17, 15) is 4.79 Å². The second kappa shape index (κ2) is 4.73. The molecule has 0 atom stereocenters. The maximum atomic E-state index is 12.6. The van der Waals surface area contributed by atoms with E-state index in [1.54, 1.807) is 18.3 Å². The van der Waals surface area contributed by atoms with Gasteiger partial charge in [-0.25, -0.2) is 4.98 Å². The molecule has 4 saturated carbocycles. The van der Waals surface area contributed by atoms with Gasteiger partial charge in [-0.3, -0.25) is 4.79 Å². The standard InChI is InChI=1S/C16H19ClN2O/c17-14-8-13(1-2-18-14)19-16(20)15-11-4-9-3-10(6-11)7-12(15)5-9/h1-2,8-12,15H,3-7H2,(H,18,19,20). The van der Waals surface area contributed by atoms with Crippen molar-refractivity contribution in [1.29, 1.82) is 0 Å². The first-order valence-electron chi connectivity index (χ1n) is 7.61. The number of carbonyl (C=O) groups excluding carboxylic acids is 1. The van der Waals surface area contributed by atoms with Crippen LogP contribution in [-0.4, -0.2) is 10.9 Å². The van der Waals surface area contributed by atoms with Crippen molar-refractivity contribution in [2.24, 2.45) is 29.6 Å². The first-order chi connectivity index (χ1) is 9.69. The number of anilines is 1. The van der Waals surface area contributed by atoms with Gasteiger partial charge in [0.1, 0.15) is 5.15 Å². The number of carbonyl (C=O) groups is 1. The number of nitrogens with one attached hydrogen (secondary N) is 1. The lowest BCUT2D eigenvalue weighted by Crippen LogP contribution is -2.49. The molecule has 1 aromatic heterocycles. The van der Waals surface area contributed by atoms with Gasteiger partial charge in [0, 0.05) is 17.8 Å². The third-order valence-electron chi connectivity index (χ3n) is 5.52. The lowest BCUT2D eigenvalue weighted by Gasteiger charge is -2.53. The van der Waals surface area contributed by atoms with E-state index in [1.165, 1.54) is 32.1 Å². The van der Waals surface area contributed by atoms with E-state index in [1.807, 2.05) is 0 Å². The number of amides is 1. The average Bonchev–Trinajstić information content (AvgIpc) is 2.37. The van der Waals surface area contributed by atoms with E-state index in [-0.39, 0.29) is 11.8 Å². The van der Waals surface area contributed by atoms with Gasteiger partial charge in [-0.1, -0.05) is 11.6 Å². The van der Waals surface area contributed by atoms with E-state index in [0.29, 0.717) is 17.0 Å². The normalized spacial score (nSPS) is 38.0. The molecule has 1 heterocycles. The van der Waals surface area contributed by atoms with Crippen molar-refractivity contribution >= 4 is 23.2 Å². The molecule has 4 aliphatic rings. The molecule has 0 radical (unpaired) electrons. The minimum absolute atomic E-state index is 0.195. The lowest BCUT2D eigenvalue weighted by atomic mass is 9.51. The Morgan fingerprint density at radius 3 is 2.40 bits per heavy atom. The molecule has 3 nitrogen and oxygen atoms in total. The third-order valence-corrected chi connectivity index (χ3v) is 5.73. The van der Waals surface area contributed by atoms with Crippen LogP contribution in [0.15, 0.2) is 18.3 Å². The molecule has 0 spiro atoms. The van der Waals surface area contributed by atoms with Crippen molar-refractivity contribution in [2.75, 3.05) is 5.32 Å². The molecule has 1 N–H and O–H groups in total. The van der Waals surface area contributed by atoms with Crippen LogP contribution in [-0.2, 0) is 4.79 Å². The molecule has 0 unspecified atom stereocenters. The highest BCUT2D eigenvalue weighted by atomic mass is 35.5. The first-order valence-corrected chi connectivity index (χ1v) is 7.99. The molecule has 0 aliphatic heterocycles. The van der Waals surface area contributed by atoms with Crippen LogP contribution in [0.5, 0.6) is 0 Å². The molecule has 20 heavy (non-hydrogen) atoms. The molecule has 5 rings (SSSR count). The summed E-state index contributed by atoms with van der Waals surface area (Å²) in [7, 11) is 0. The van der Waals surface area contributed by atoms with Crippen LogP contribution >= 0.6 is 11.6 Å². The van der Waals surface area contributed by atoms with Crippen LogP contribution < -0.4 is 5.32 Å². The molecular formula is C16H19ClN2O. The second-order valence-electron chi connectivity index (χ2n) is 6.81. The molecule has 0 aromatic carbocycles. The molecule has 1 aromatic rings. The van der Waals surface area contributed by atoms with Gasteiger partial charge >= 0.3 is 0 Å². The average molecular weight is 291 g/mol. The minimum atomic E-state index is 0.195. The Morgan fingerprint density at radius 2 is 1.80 bits per heavy atom. The van der Waals surface area contributed by atoms with Crippen LogP contribution in [0.25, 0.3) is 0 Å². The smallest absolute Gasteiger partial charge is 0.228 e. The zero-order valence-corrected chi connectivity index (χ0v) is 12.1. The van der Waals surface area contributed by atoms with Crippen molar-refractivity contribution in [3.8, 4) is 0 Å². The number of nitrogens with zero attached hydrogens (tertiary/aromatic N) is 1. The van der Waals surface area contributed by atoms with Crippen molar-refractivity contribution in [1.82, 2.24) is 4.98 Å². The van der Waals surface area contributed by atoms with Crippen LogP contribution in [0, 0.1) is 29.6 Å². The molecule has 1 amide bonds. The fourth-order valence-corrected chi connectivity index (χ4v) is 5.23. The fraction of sp³-hybridized carbons (Fsp3) is 0.625. The Hall–Kier alpha value is -1.09. The maximum absolute atomic E-state index is 12.6. The van der Waals surface area contributed by atoms with Crippen LogP contribution in [0.3, 0.4) is 0 Å². The van der Waals surface area contributed by atoms with Gasteiger partial charge < -0.3 is 5.32 Å². The van der Waals surface area contributed by atoms with Gasteiger partial charge in [0.15, 0.2) is 0 Å². The predicted octanol–water partition coefficient (Wildman–Crippen LogP) is 3.75. The Labute approximate surface area is 124 Å². The van der Waals surface area contributed by atoms with Gasteiger partial charge in [-0.05, 0) is 67.9 Å². The minimum Gasteiger partial charge on any atom is -0.326 e. The SMILES string of the molecule is O=C(Nc1ccnc(Cl)c1)C1C2CC3CC(C2)CC1C3. The summed E-state index contributed by atoms with van der Waals surface area (Å²) < 4.78 is 0. The quantitative estimate of drug-likeness (QED) is 0.843. The highest BCUT2D eigenvalue weighted by Crippen LogP contribution is 2.56. The summed E-state index contributed by atoms with van der Waals surface area (Å²) in [5.74, 6) is 3.44. The Morgan fingerprint density at radius 1 is 1.15 bits per heavy atom. The number of halogens is 1. The van der Waals surface area contributed by atoms with E-state index < -0.39 is 0 Å². The summed E-state index contributed by atoms with van der Waals surface area (Å²) in [4.78, 5) is 16.6. The van der Waals surface area contributed by atoms with Crippen LogP contribution in [0.2, 0.25) is 5.15 Å². The topological polar surface area (TPSA) is 42.0 Å². The summed E-state index contributed by atoms with van der Waals surface area (Å²) in [5.41, 5.74) is 0.767. The van der Waals surface area contributed by atoms with Gasteiger partial charge in [0.25, 0.3) is 0 Å². The van der Waals surface area contributed by atoms with Gasteiger partial charge in [-0.2, -0.15) is 0 Å². The Bertz CT molecular complexity index is 517. The number of hydrogen-bond acceptors (Lipinski definition) is 2. The molecule has 4 fully saturated rings. The molecule has 4 aliphatic carbocycles. The van der Waals surface area contributed by atoms with E-state index in [2.05, 4.69) is 10.3 Å². The number of aromatic nitrogens is 1. The second-order valence-corrected chi connectivity index (χ2v) is 7.20. The van der Waals surface area contributed by atoms with E-state index >= 15 is 0 Å². The van der Waals surface area contributed by atoms with Crippen molar-refractivity contribution in [2.45, 2.75) is 32.1 Å².